The van der Waals surface area contributed by atoms with Crippen molar-refractivity contribution in [3.05, 3.63) is 59.9 Å². The van der Waals surface area contributed by atoms with Crippen LogP contribution >= 0.6 is 0 Å². The van der Waals surface area contributed by atoms with E-state index in [4.69, 9.17) is 0 Å². The second kappa shape index (κ2) is 7.95. The van der Waals surface area contributed by atoms with Gasteiger partial charge in [0.1, 0.15) is 11.9 Å². The van der Waals surface area contributed by atoms with Crippen molar-refractivity contribution in [3.63, 3.8) is 0 Å². The standard InChI is InChI=1S/C18H18FN3O5S/c1-27-28(25,26)14-8-2-11(3-9-14)15-10-20-17(23)16(15)22-18(24)21-13-6-4-12(19)5-7-13/h2-9,15-16H,10H2,1H3,(H,20,23)(H2,21,22,24)/t15-,16-/m0/s1. The Morgan fingerprint density at radius 1 is 1.14 bits per heavy atom. The molecule has 3 amide bonds. The van der Waals surface area contributed by atoms with Gasteiger partial charge >= 0.3 is 6.03 Å². The van der Waals surface area contributed by atoms with E-state index in [2.05, 4.69) is 20.1 Å². The van der Waals surface area contributed by atoms with Crippen molar-refractivity contribution >= 4 is 27.7 Å². The molecule has 0 radical (unpaired) electrons. The molecule has 1 saturated heterocycles. The first-order valence-corrected chi connectivity index (χ1v) is 9.72. The van der Waals surface area contributed by atoms with E-state index in [0.717, 1.165) is 7.11 Å². The van der Waals surface area contributed by atoms with E-state index >= 15 is 0 Å². The summed E-state index contributed by atoms with van der Waals surface area (Å²) in [4.78, 5) is 24.3. The van der Waals surface area contributed by atoms with Crippen LogP contribution in [0, 0.1) is 5.82 Å². The van der Waals surface area contributed by atoms with Gasteiger partial charge in [0, 0.05) is 18.2 Å². The largest absolute Gasteiger partial charge is 0.354 e. The topological polar surface area (TPSA) is 114 Å². The highest BCUT2D eigenvalue weighted by molar-refractivity contribution is 7.86. The normalized spacial score (nSPS) is 19.1. The number of hydrogen-bond acceptors (Lipinski definition) is 5. The molecule has 2 aromatic rings. The third-order valence-electron chi connectivity index (χ3n) is 4.39. The first-order chi connectivity index (χ1) is 13.3. The van der Waals surface area contributed by atoms with Crippen LogP contribution in [0.5, 0.6) is 0 Å². The van der Waals surface area contributed by atoms with Crippen LogP contribution in [0.1, 0.15) is 11.5 Å². The number of rotatable bonds is 5. The molecule has 10 heteroatoms. The number of halogens is 1. The Balaban J connectivity index is 1.72. The minimum atomic E-state index is -3.81. The Labute approximate surface area is 161 Å². The maximum Gasteiger partial charge on any atom is 0.319 e. The molecule has 1 heterocycles. The zero-order valence-electron chi connectivity index (χ0n) is 14.8. The van der Waals surface area contributed by atoms with Gasteiger partial charge < -0.3 is 16.0 Å². The van der Waals surface area contributed by atoms with Crippen LogP contribution in [0.15, 0.2) is 53.4 Å². The van der Waals surface area contributed by atoms with Crippen LogP contribution < -0.4 is 16.0 Å². The number of urea groups is 1. The molecule has 0 aromatic heterocycles. The van der Waals surface area contributed by atoms with Crippen LogP contribution in [0.2, 0.25) is 0 Å². The van der Waals surface area contributed by atoms with Crippen molar-refractivity contribution in [3.8, 4) is 0 Å². The smallest absolute Gasteiger partial charge is 0.319 e. The van der Waals surface area contributed by atoms with E-state index in [9.17, 15) is 22.4 Å². The van der Waals surface area contributed by atoms with E-state index in [1.807, 2.05) is 0 Å². The lowest BCUT2D eigenvalue weighted by atomic mass is 9.94. The summed E-state index contributed by atoms with van der Waals surface area (Å²) in [7, 11) is -2.74. The lowest BCUT2D eigenvalue weighted by Gasteiger charge is -2.19. The monoisotopic (exact) mass is 407 g/mol. The fourth-order valence-corrected chi connectivity index (χ4v) is 3.58. The Bertz CT molecular complexity index is 977. The summed E-state index contributed by atoms with van der Waals surface area (Å²) < 4.78 is 40.8. The molecule has 1 fully saturated rings. The molecule has 0 spiro atoms. The maximum absolute atomic E-state index is 12.9. The van der Waals surface area contributed by atoms with Gasteiger partial charge in [0.15, 0.2) is 0 Å². The van der Waals surface area contributed by atoms with Gasteiger partial charge in [0.2, 0.25) is 5.91 Å². The molecule has 2 aromatic carbocycles. The van der Waals surface area contributed by atoms with Crippen LogP contribution in [0.4, 0.5) is 14.9 Å². The van der Waals surface area contributed by atoms with Gasteiger partial charge in [0.25, 0.3) is 10.1 Å². The van der Waals surface area contributed by atoms with Gasteiger partial charge in [-0.2, -0.15) is 8.42 Å². The summed E-state index contributed by atoms with van der Waals surface area (Å²) in [5.41, 5.74) is 1.06. The molecule has 0 saturated carbocycles. The van der Waals surface area contributed by atoms with Crippen molar-refractivity contribution in [2.75, 3.05) is 19.0 Å². The van der Waals surface area contributed by atoms with Crippen molar-refractivity contribution in [1.82, 2.24) is 10.6 Å². The summed E-state index contributed by atoms with van der Waals surface area (Å²) in [5.74, 6) is -1.17. The highest BCUT2D eigenvalue weighted by atomic mass is 32.2. The van der Waals surface area contributed by atoms with E-state index in [-0.39, 0.29) is 23.3 Å². The van der Waals surface area contributed by atoms with Gasteiger partial charge in [-0.15, -0.1) is 0 Å². The highest BCUT2D eigenvalue weighted by Crippen LogP contribution is 2.25. The number of hydrogen-bond donors (Lipinski definition) is 3. The summed E-state index contributed by atoms with van der Waals surface area (Å²) in [5, 5.41) is 7.81. The maximum atomic E-state index is 12.9. The van der Waals surface area contributed by atoms with Crippen molar-refractivity contribution in [2.24, 2.45) is 0 Å². The van der Waals surface area contributed by atoms with E-state index in [1.165, 1.54) is 36.4 Å². The molecule has 3 N–H and O–H groups in total. The van der Waals surface area contributed by atoms with Crippen molar-refractivity contribution in [1.29, 1.82) is 0 Å². The van der Waals surface area contributed by atoms with Gasteiger partial charge in [-0.3, -0.25) is 8.98 Å². The summed E-state index contributed by atoms with van der Waals surface area (Å²) in [6.07, 6.45) is 0. The number of nitrogens with one attached hydrogen (secondary N) is 3. The fourth-order valence-electron chi connectivity index (χ4n) is 2.92. The molecule has 28 heavy (non-hydrogen) atoms. The molecule has 148 valence electrons. The van der Waals surface area contributed by atoms with E-state index in [0.29, 0.717) is 11.3 Å². The number of amides is 3. The minimum Gasteiger partial charge on any atom is -0.354 e. The second-order valence-corrected chi connectivity index (χ2v) is 7.84. The Morgan fingerprint density at radius 2 is 1.79 bits per heavy atom. The number of benzene rings is 2. The van der Waals surface area contributed by atoms with Crippen LogP contribution in [0.3, 0.4) is 0 Å². The molecular weight excluding hydrogens is 389 g/mol. The van der Waals surface area contributed by atoms with Crippen LogP contribution in [0.25, 0.3) is 0 Å². The number of carbonyl (C=O) groups is 2. The highest BCUT2D eigenvalue weighted by Gasteiger charge is 2.37. The quantitative estimate of drug-likeness (QED) is 0.651. The second-order valence-electron chi connectivity index (χ2n) is 6.12. The average molecular weight is 407 g/mol. The first-order valence-electron chi connectivity index (χ1n) is 8.31. The van der Waals surface area contributed by atoms with Gasteiger partial charge in [0.05, 0.1) is 12.0 Å². The Hall–Kier alpha value is -2.98. The molecule has 8 nitrogen and oxygen atoms in total. The molecular formula is C18H18FN3O5S. The molecule has 1 aliphatic heterocycles. The SMILES string of the molecule is COS(=O)(=O)c1ccc([C@@H]2CNC(=O)[C@H]2NC(=O)Nc2ccc(F)cc2)cc1. The van der Waals surface area contributed by atoms with Gasteiger partial charge in [-0.1, -0.05) is 12.1 Å². The molecule has 0 aliphatic carbocycles. The zero-order chi connectivity index (χ0) is 20.3. The lowest BCUT2D eigenvalue weighted by molar-refractivity contribution is -0.120. The zero-order valence-corrected chi connectivity index (χ0v) is 15.6. The van der Waals surface area contributed by atoms with E-state index < -0.39 is 28.0 Å². The number of carbonyl (C=O) groups excluding carboxylic acids is 2. The molecule has 0 bridgehead atoms. The van der Waals surface area contributed by atoms with Crippen molar-refractivity contribution < 1.29 is 26.6 Å². The summed E-state index contributed by atoms with van der Waals surface area (Å²) >= 11 is 0. The molecule has 3 rings (SSSR count). The summed E-state index contributed by atoms with van der Waals surface area (Å²) in [6.45, 7) is 0.288. The fraction of sp³-hybridized carbons (Fsp3) is 0.222. The summed E-state index contributed by atoms with van der Waals surface area (Å²) in [6, 6.07) is 9.66. The average Bonchev–Trinajstić information content (AvgIpc) is 3.04. The third-order valence-corrected chi connectivity index (χ3v) is 5.67. The molecule has 0 unspecified atom stereocenters. The lowest BCUT2D eigenvalue weighted by Crippen LogP contribution is -2.44. The van der Waals surface area contributed by atoms with Gasteiger partial charge in [-0.05, 0) is 42.0 Å². The Kier molecular flexibility index (Phi) is 5.61. The van der Waals surface area contributed by atoms with E-state index in [1.54, 1.807) is 12.1 Å². The molecule has 1 aliphatic rings. The van der Waals surface area contributed by atoms with Crippen LogP contribution in [-0.4, -0.2) is 40.1 Å². The molecule has 2 atom stereocenters. The number of anilines is 1. The first kappa shape index (κ1) is 19.8. The predicted octanol–water partition coefficient (Wildman–Crippen LogP) is 1.56. The third kappa shape index (κ3) is 4.29. The predicted molar refractivity (Wildman–Crippen MR) is 98.7 cm³/mol. The van der Waals surface area contributed by atoms with Crippen LogP contribution in [-0.2, 0) is 19.1 Å². The van der Waals surface area contributed by atoms with Gasteiger partial charge in [-0.25, -0.2) is 9.18 Å². The van der Waals surface area contributed by atoms with Crippen molar-refractivity contribution in [2.45, 2.75) is 16.9 Å². The Morgan fingerprint density at radius 3 is 2.39 bits per heavy atom. The minimum absolute atomic E-state index is 0.00500.